The lowest BCUT2D eigenvalue weighted by Crippen LogP contribution is -2.28. The topological polar surface area (TPSA) is 34.0 Å². The van der Waals surface area contributed by atoms with Crippen LogP contribution in [-0.4, -0.2) is 21.3 Å². The Morgan fingerprint density at radius 3 is 2.75 bits per heavy atom. The maximum Gasteiger partial charge on any atom is 0.229 e. The quantitative estimate of drug-likeness (QED) is 0.804. The summed E-state index contributed by atoms with van der Waals surface area (Å²) in [4.78, 5) is 6.60. The van der Waals surface area contributed by atoms with Crippen LogP contribution in [0.3, 0.4) is 0 Å². The number of rotatable bonds is 1. The molecule has 2 heterocycles. The Kier molecular flexibility index (Phi) is 2.40. The van der Waals surface area contributed by atoms with Crippen LogP contribution in [0.25, 0.3) is 0 Å². The minimum absolute atomic E-state index is 0.658. The first-order chi connectivity index (χ1) is 7.84. The third kappa shape index (κ3) is 1.61. The molecule has 82 valence electrons. The van der Waals surface area contributed by atoms with E-state index in [0.29, 0.717) is 4.73 Å². The van der Waals surface area contributed by atoms with Gasteiger partial charge in [0.15, 0.2) is 0 Å². The summed E-state index contributed by atoms with van der Waals surface area (Å²) < 4.78 is 2.60. The molecule has 1 aliphatic heterocycles. The van der Waals surface area contributed by atoms with Crippen molar-refractivity contribution < 1.29 is 0 Å². The zero-order valence-electron chi connectivity index (χ0n) is 8.67. The summed E-state index contributed by atoms with van der Waals surface area (Å²) in [5, 5.41) is 4.31. The van der Waals surface area contributed by atoms with Gasteiger partial charge in [-0.25, -0.2) is 4.68 Å². The van der Waals surface area contributed by atoms with Crippen molar-refractivity contribution in [2.24, 2.45) is 0 Å². The molecule has 0 saturated carbocycles. The average molecular weight is 279 g/mol. The molecule has 2 aromatic rings. The number of aromatic nitrogens is 3. The summed E-state index contributed by atoms with van der Waals surface area (Å²) in [5.41, 5.74) is 1.17. The first kappa shape index (κ1) is 9.84. The van der Waals surface area contributed by atoms with Crippen molar-refractivity contribution in [3.8, 4) is 0 Å². The zero-order chi connectivity index (χ0) is 11.0. The second-order valence-electron chi connectivity index (χ2n) is 3.74. The molecule has 0 N–H and O–H groups in total. The van der Waals surface area contributed by atoms with E-state index in [-0.39, 0.29) is 0 Å². The van der Waals surface area contributed by atoms with Crippen LogP contribution in [0, 0.1) is 0 Å². The average Bonchev–Trinajstić information content (AvgIpc) is 2.70. The fourth-order valence-corrected chi connectivity index (χ4v) is 2.34. The minimum Gasteiger partial charge on any atom is -0.311 e. The van der Waals surface area contributed by atoms with Gasteiger partial charge in [-0.15, -0.1) is 5.10 Å². The molecule has 16 heavy (non-hydrogen) atoms. The molecule has 1 aromatic heterocycles. The SMILES string of the molecule is Brc1nc2n(n1)CCCN2c1ccccc1. The smallest absolute Gasteiger partial charge is 0.229 e. The van der Waals surface area contributed by atoms with Crippen LogP contribution in [-0.2, 0) is 6.54 Å². The van der Waals surface area contributed by atoms with Gasteiger partial charge in [0.05, 0.1) is 0 Å². The van der Waals surface area contributed by atoms with Crippen molar-refractivity contribution in [3.05, 3.63) is 35.1 Å². The summed E-state index contributed by atoms with van der Waals surface area (Å²) in [6, 6.07) is 10.3. The highest BCUT2D eigenvalue weighted by molar-refractivity contribution is 9.10. The Balaban J connectivity index is 2.05. The first-order valence-corrected chi connectivity index (χ1v) is 6.07. The van der Waals surface area contributed by atoms with Gasteiger partial charge < -0.3 is 4.90 Å². The van der Waals surface area contributed by atoms with Crippen molar-refractivity contribution in [1.29, 1.82) is 0 Å². The minimum atomic E-state index is 0.658. The standard InChI is InChI=1S/C11H11BrN4/c12-10-13-11-15(7-4-8-16(11)14-10)9-5-2-1-3-6-9/h1-3,5-6H,4,7-8H2. The highest BCUT2D eigenvalue weighted by Crippen LogP contribution is 2.27. The molecule has 0 saturated heterocycles. The number of hydrogen-bond acceptors (Lipinski definition) is 3. The molecule has 0 aliphatic carbocycles. The van der Waals surface area contributed by atoms with Gasteiger partial charge in [0.1, 0.15) is 0 Å². The van der Waals surface area contributed by atoms with Gasteiger partial charge in [-0.05, 0) is 34.5 Å². The Bertz CT molecular complexity index is 494. The van der Waals surface area contributed by atoms with E-state index in [4.69, 9.17) is 0 Å². The van der Waals surface area contributed by atoms with Gasteiger partial charge in [-0.3, -0.25) is 0 Å². The van der Waals surface area contributed by atoms with Crippen molar-refractivity contribution in [3.63, 3.8) is 0 Å². The van der Waals surface area contributed by atoms with Crippen LogP contribution in [0.5, 0.6) is 0 Å². The predicted molar refractivity (Wildman–Crippen MR) is 65.8 cm³/mol. The molecular formula is C11H11BrN4. The lowest BCUT2D eigenvalue weighted by atomic mass is 10.2. The van der Waals surface area contributed by atoms with E-state index in [0.717, 1.165) is 25.5 Å². The monoisotopic (exact) mass is 278 g/mol. The maximum atomic E-state index is 4.40. The van der Waals surface area contributed by atoms with Crippen LogP contribution in [0.1, 0.15) is 6.42 Å². The number of nitrogens with zero attached hydrogens (tertiary/aromatic N) is 4. The maximum absolute atomic E-state index is 4.40. The summed E-state index contributed by atoms with van der Waals surface area (Å²) in [5.74, 6) is 0.921. The van der Waals surface area contributed by atoms with Crippen molar-refractivity contribution >= 4 is 27.6 Å². The van der Waals surface area contributed by atoms with E-state index in [9.17, 15) is 0 Å². The second-order valence-corrected chi connectivity index (χ2v) is 4.45. The third-order valence-electron chi connectivity index (χ3n) is 2.69. The van der Waals surface area contributed by atoms with Crippen LogP contribution in [0.2, 0.25) is 0 Å². The molecule has 0 bridgehead atoms. The molecule has 0 radical (unpaired) electrons. The van der Waals surface area contributed by atoms with Gasteiger partial charge >= 0.3 is 0 Å². The third-order valence-corrected chi connectivity index (χ3v) is 3.02. The number of anilines is 2. The zero-order valence-corrected chi connectivity index (χ0v) is 10.3. The fourth-order valence-electron chi connectivity index (χ4n) is 1.99. The Labute approximate surface area is 102 Å². The van der Waals surface area contributed by atoms with E-state index in [1.165, 1.54) is 5.69 Å². The van der Waals surface area contributed by atoms with E-state index in [1.54, 1.807) is 0 Å². The highest BCUT2D eigenvalue weighted by Gasteiger charge is 2.21. The van der Waals surface area contributed by atoms with Gasteiger partial charge in [0.25, 0.3) is 0 Å². The van der Waals surface area contributed by atoms with Gasteiger partial charge in [0, 0.05) is 18.8 Å². The molecule has 0 spiro atoms. The van der Waals surface area contributed by atoms with Crippen LogP contribution >= 0.6 is 15.9 Å². The Morgan fingerprint density at radius 1 is 1.12 bits per heavy atom. The predicted octanol–water partition coefficient (Wildman–Crippen LogP) is 2.58. The number of para-hydroxylation sites is 1. The summed E-state index contributed by atoms with van der Waals surface area (Å²) >= 11 is 3.32. The molecule has 0 unspecified atom stereocenters. The Hall–Kier alpha value is -1.36. The number of aryl methyl sites for hydroxylation is 1. The van der Waals surface area contributed by atoms with Gasteiger partial charge in [-0.2, -0.15) is 4.98 Å². The summed E-state index contributed by atoms with van der Waals surface area (Å²) in [6.07, 6.45) is 1.09. The van der Waals surface area contributed by atoms with Gasteiger partial charge in [0.2, 0.25) is 10.7 Å². The molecule has 0 atom stereocenters. The normalized spacial score (nSPS) is 14.9. The van der Waals surface area contributed by atoms with E-state index < -0.39 is 0 Å². The number of hydrogen-bond donors (Lipinski definition) is 0. The second kappa shape index (κ2) is 3.90. The van der Waals surface area contributed by atoms with Crippen molar-refractivity contribution in [1.82, 2.24) is 14.8 Å². The summed E-state index contributed by atoms with van der Waals surface area (Å²) in [6.45, 7) is 1.94. The molecule has 1 aromatic carbocycles. The van der Waals surface area contributed by atoms with Gasteiger partial charge in [-0.1, -0.05) is 18.2 Å². The van der Waals surface area contributed by atoms with Crippen LogP contribution in [0.4, 0.5) is 11.6 Å². The van der Waals surface area contributed by atoms with E-state index in [1.807, 2.05) is 22.9 Å². The molecule has 0 fully saturated rings. The summed E-state index contributed by atoms with van der Waals surface area (Å²) in [7, 11) is 0. The number of fused-ring (bicyclic) bond motifs is 1. The van der Waals surface area contributed by atoms with Crippen LogP contribution < -0.4 is 4.90 Å². The Morgan fingerprint density at radius 2 is 1.94 bits per heavy atom. The molecule has 0 amide bonds. The van der Waals surface area contributed by atoms with E-state index in [2.05, 4.69) is 43.0 Å². The molecule has 3 rings (SSSR count). The molecular weight excluding hydrogens is 268 g/mol. The number of benzene rings is 1. The van der Waals surface area contributed by atoms with Crippen LogP contribution in [0.15, 0.2) is 35.1 Å². The lowest BCUT2D eigenvalue weighted by molar-refractivity contribution is 0.537. The molecule has 1 aliphatic rings. The number of halogens is 1. The largest absolute Gasteiger partial charge is 0.311 e. The van der Waals surface area contributed by atoms with E-state index >= 15 is 0 Å². The fraction of sp³-hybridized carbons (Fsp3) is 0.273. The molecule has 4 nitrogen and oxygen atoms in total. The first-order valence-electron chi connectivity index (χ1n) is 5.27. The molecule has 5 heteroatoms. The van der Waals surface area contributed by atoms with Crippen molar-refractivity contribution in [2.75, 3.05) is 11.4 Å². The van der Waals surface area contributed by atoms with Crippen molar-refractivity contribution in [2.45, 2.75) is 13.0 Å². The lowest BCUT2D eigenvalue weighted by Gasteiger charge is -2.27. The highest BCUT2D eigenvalue weighted by atomic mass is 79.9.